The second-order valence-electron chi connectivity index (χ2n) is 3.36. The van der Waals surface area contributed by atoms with Crippen molar-refractivity contribution in [2.75, 3.05) is 6.61 Å². The second-order valence-corrected chi connectivity index (χ2v) is 3.77. The average Bonchev–Trinajstić information content (AvgIpc) is 2.17. The first-order chi connectivity index (χ1) is 7.78. The summed E-state index contributed by atoms with van der Waals surface area (Å²) in [5, 5.41) is 8.82. The van der Waals surface area contributed by atoms with Crippen molar-refractivity contribution >= 4 is 11.6 Å². The highest BCUT2D eigenvalue weighted by Crippen LogP contribution is 2.23. The molecule has 1 aromatic carbocycles. The molecule has 17 heavy (non-hydrogen) atoms. The molecule has 0 aromatic heterocycles. The molecule has 0 aliphatic heterocycles. The maximum Gasteiger partial charge on any atom is 0.391 e. The third-order valence-corrected chi connectivity index (χ3v) is 2.09. The topological polar surface area (TPSA) is 29.5 Å². The molecule has 0 saturated carbocycles. The van der Waals surface area contributed by atoms with Crippen molar-refractivity contribution in [3.05, 3.63) is 29.0 Å². The van der Waals surface area contributed by atoms with E-state index in [0.717, 1.165) is 12.1 Å². The number of benzene rings is 1. The van der Waals surface area contributed by atoms with Gasteiger partial charge in [-0.2, -0.15) is 13.2 Å². The summed E-state index contributed by atoms with van der Waals surface area (Å²) < 4.78 is 53.2. The quantitative estimate of drug-likeness (QED) is 0.853. The van der Waals surface area contributed by atoms with Crippen LogP contribution in [0.25, 0.3) is 0 Å². The molecule has 0 saturated heterocycles. The van der Waals surface area contributed by atoms with E-state index in [1.807, 2.05) is 0 Å². The van der Waals surface area contributed by atoms with Crippen LogP contribution in [0.1, 0.15) is 6.42 Å². The Labute approximate surface area is 99.8 Å². The van der Waals surface area contributed by atoms with Gasteiger partial charge in [0.1, 0.15) is 18.2 Å². The molecule has 1 rings (SSSR count). The Balaban J connectivity index is 2.47. The summed E-state index contributed by atoms with van der Waals surface area (Å²) in [4.78, 5) is 0. The van der Waals surface area contributed by atoms with Crippen LogP contribution in [0, 0.1) is 5.82 Å². The number of hydrogen-bond donors (Lipinski definition) is 1. The normalized spacial score (nSPS) is 13.5. The summed E-state index contributed by atoms with van der Waals surface area (Å²) in [6.45, 7) is -0.540. The SMILES string of the molecule is O[C@H](COc1ccc(F)c(Cl)c1)CC(F)(F)F. The largest absolute Gasteiger partial charge is 0.491 e. The highest BCUT2D eigenvalue weighted by molar-refractivity contribution is 6.30. The molecular formula is C10H9ClF4O2. The number of rotatable bonds is 4. The molecule has 0 bridgehead atoms. The molecule has 96 valence electrons. The number of ether oxygens (including phenoxy) is 1. The predicted octanol–water partition coefficient (Wildman–Crippen LogP) is 3.17. The van der Waals surface area contributed by atoms with Gasteiger partial charge >= 0.3 is 6.18 Å². The van der Waals surface area contributed by atoms with Gasteiger partial charge in [-0.05, 0) is 12.1 Å². The summed E-state index contributed by atoms with van der Waals surface area (Å²) in [5.74, 6) is -0.563. The molecule has 0 fully saturated rings. The lowest BCUT2D eigenvalue weighted by molar-refractivity contribution is -0.156. The Hall–Kier alpha value is -1.01. The van der Waals surface area contributed by atoms with Gasteiger partial charge in [0.15, 0.2) is 0 Å². The van der Waals surface area contributed by atoms with Gasteiger partial charge in [-0.15, -0.1) is 0 Å². The summed E-state index contributed by atoms with van der Waals surface area (Å²) >= 11 is 5.44. The van der Waals surface area contributed by atoms with Crippen molar-refractivity contribution in [3.63, 3.8) is 0 Å². The van der Waals surface area contributed by atoms with Crippen LogP contribution in [0.2, 0.25) is 5.02 Å². The molecule has 1 aromatic rings. The number of halogens is 5. The Morgan fingerprint density at radius 2 is 2.00 bits per heavy atom. The lowest BCUT2D eigenvalue weighted by Crippen LogP contribution is -2.25. The van der Waals surface area contributed by atoms with Crippen molar-refractivity contribution in [1.82, 2.24) is 0 Å². The molecular weight excluding hydrogens is 264 g/mol. The minimum atomic E-state index is -4.46. The van der Waals surface area contributed by atoms with E-state index in [2.05, 4.69) is 0 Å². The molecule has 7 heteroatoms. The van der Waals surface area contributed by atoms with E-state index in [0.29, 0.717) is 0 Å². The Kier molecular flexibility index (Phi) is 4.59. The van der Waals surface area contributed by atoms with E-state index in [-0.39, 0.29) is 10.8 Å². The van der Waals surface area contributed by atoms with Crippen molar-refractivity contribution in [1.29, 1.82) is 0 Å². The van der Waals surface area contributed by atoms with Crippen LogP contribution in [-0.2, 0) is 0 Å². The first kappa shape index (κ1) is 14.1. The first-order valence-electron chi connectivity index (χ1n) is 4.60. The van der Waals surface area contributed by atoms with Crippen LogP contribution in [0.3, 0.4) is 0 Å². The number of alkyl halides is 3. The van der Waals surface area contributed by atoms with E-state index in [1.165, 1.54) is 6.07 Å². The average molecular weight is 273 g/mol. The lowest BCUT2D eigenvalue weighted by atomic mass is 10.2. The minimum Gasteiger partial charge on any atom is -0.491 e. The fraction of sp³-hybridized carbons (Fsp3) is 0.400. The predicted molar refractivity (Wildman–Crippen MR) is 53.6 cm³/mol. The first-order valence-corrected chi connectivity index (χ1v) is 4.98. The fourth-order valence-corrected chi connectivity index (χ4v) is 1.26. The van der Waals surface area contributed by atoms with Crippen LogP contribution in [0.15, 0.2) is 18.2 Å². The number of aliphatic hydroxyl groups excluding tert-OH is 1. The van der Waals surface area contributed by atoms with Crippen LogP contribution in [0.5, 0.6) is 5.75 Å². The lowest BCUT2D eigenvalue weighted by Gasteiger charge is -2.14. The highest BCUT2D eigenvalue weighted by Gasteiger charge is 2.31. The molecule has 2 nitrogen and oxygen atoms in total. The zero-order chi connectivity index (χ0) is 13.1. The molecule has 0 radical (unpaired) electrons. The maximum absolute atomic E-state index is 12.7. The van der Waals surface area contributed by atoms with Gasteiger partial charge in [-0.25, -0.2) is 4.39 Å². The van der Waals surface area contributed by atoms with Gasteiger partial charge < -0.3 is 9.84 Å². The molecule has 1 atom stereocenters. The Morgan fingerprint density at radius 3 is 2.53 bits per heavy atom. The van der Waals surface area contributed by atoms with Gasteiger partial charge in [0.2, 0.25) is 0 Å². The zero-order valence-electron chi connectivity index (χ0n) is 8.47. The molecule has 0 unspecified atom stereocenters. The molecule has 0 aliphatic rings. The molecule has 0 aliphatic carbocycles. The van der Waals surface area contributed by atoms with E-state index in [1.54, 1.807) is 0 Å². The summed E-state index contributed by atoms with van der Waals surface area (Å²) in [6.07, 6.45) is -7.48. The van der Waals surface area contributed by atoms with Crippen molar-refractivity contribution in [2.45, 2.75) is 18.7 Å². The van der Waals surface area contributed by atoms with Gasteiger partial charge in [-0.1, -0.05) is 11.6 Å². The minimum absolute atomic E-state index is 0.0950. The molecule has 1 N–H and O–H groups in total. The van der Waals surface area contributed by atoms with Gasteiger partial charge in [-0.3, -0.25) is 0 Å². The van der Waals surface area contributed by atoms with Crippen molar-refractivity contribution < 1.29 is 27.4 Å². The highest BCUT2D eigenvalue weighted by atomic mass is 35.5. The summed E-state index contributed by atoms with van der Waals surface area (Å²) in [5.41, 5.74) is 0. The Bertz CT molecular complexity index is 381. The van der Waals surface area contributed by atoms with Crippen LogP contribution < -0.4 is 4.74 Å². The standard InChI is InChI=1S/C10H9ClF4O2/c11-8-3-7(1-2-9(8)12)17-5-6(16)4-10(13,14)15/h1-3,6,16H,4-5H2/t6-/m0/s1. The van der Waals surface area contributed by atoms with Crippen molar-refractivity contribution in [3.8, 4) is 5.75 Å². The van der Waals surface area contributed by atoms with E-state index < -0.39 is 31.1 Å². The van der Waals surface area contributed by atoms with E-state index in [9.17, 15) is 17.6 Å². The van der Waals surface area contributed by atoms with Crippen LogP contribution >= 0.6 is 11.6 Å². The zero-order valence-corrected chi connectivity index (χ0v) is 9.22. The van der Waals surface area contributed by atoms with Gasteiger partial charge in [0.25, 0.3) is 0 Å². The second kappa shape index (κ2) is 5.55. The van der Waals surface area contributed by atoms with E-state index in [4.69, 9.17) is 21.4 Å². The fourth-order valence-electron chi connectivity index (χ4n) is 1.09. The molecule has 0 spiro atoms. The van der Waals surface area contributed by atoms with Crippen LogP contribution in [0.4, 0.5) is 17.6 Å². The third-order valence-electron chi connectivity index (χ3n) is 1.80. The van der Waals surface area contributed by atoms with Gasteiger partial charge in [0, 0.05) is 6.07 Å². The summed E-state index contributed by atoms with van der Waals surface area (Å²) in [6, 6.07) is 3.35. The van der Waals surface area contributed by atoms with E-state index >= 15 is 0 Å². The smallest absolute Gasteiger partial charge is 0.391 e. The monoisotopic (exact) mass is 272 g/mol. The number of aliphatic hydroxyl groups is 1. The van der Waals surface area contributed by atoms with Crippen LogP contribution in [-0.4, -0.2) is 24.0 Å². The molecule has 0 amide bonds. The number of hydrogen-bond acceptors (Lipinski definition) is 2. The molecule has 0 heterocycles. The van der Waals surface area contributed by atoms with Gasteiger partial charge in [0.05, 0.1) is 17.5 Å². The third kappa shape index (κ3) is 5.23. The Morgan fingerprint density at radius 1 is 1.35 bits per heavy atom. The summed E-state index contributed by atoms with van der Waals surface area (Å²) in [7, 11) is 0. The van der Waals surface area contributed by atoms with Crippen molar-refractivity contribution in [2.24, 2.45) is 0 Å². The maximum atomic E-state index is 12.7.